The lowest BCUT2D eigenvalue weighted by atomic mass is 9.98. The van der Waals surface area contributed by atoms with Crippen LogP contribution in [0.2, 0.25) is 0 Å². The molecular weight excluding hydrogens is 206 g/mol. The van der Waals surface area contributed by atoms with Crippen molar-refractivity contribution in [3.63, 3.8) is 0 Å². The molecule has 0 saturated carbocycles. The second kappa shape index (κ2) is 4.51. The summed E-state index contributed by atoms with van der Waals surface area (Å²) in [5.41, 5.74) is 0. The van der Waals surface area contributed by atoms with Gasteiger partial charge in [-0.25, -0.2) is 0 Å². The van der Waals surface area contributed by atoms with Crippen molar-refractivity contribution in [2.45, 2.75) is 37.7 Å². The second-order valence-electron chi connectivity index (χ2n) is 4.52. The van der Waals surface area contributed by atoms with Gasteiger partial charge in [-0.15, -0.1) is 0 Å². The Labute approximate surface area is 94.6 Å². The Balaban J connectivity index is 1.71. The summed E-state index contributed by atoms with van der Waals surface area (Å²) in [4.78, 5) is 4.49. The summed E-state index contributed by atoms with van der Waals surface area (Å²) in [6.07, 6.45) is 4.35. The quantitative estimate of drug-likeness (QED) is 0.821. The number of rotatable bonds is 2. The van der Waals surface area contributed by atoms with Crippen LogP contribution in [0.5, 0.6) is 0 Å². The lowest BCUT2D eigenvalue weighted by Gasteiger charge is -2.19. The maximum absolute atomic E-state index is 5.53. The van der Waals surface area contributed by atoms with Gasteiger partial charge in [0.15, 0.2) is 5.82 Å². The van der Waals surface area contributed by atoms with E-state index < -0.39 is 0 Å². The molecule has 5 nitrogen and oxygen atoms in total. The molecule has 3 heterocycles. The minimum atomic E-state index is 0.0444. The van der Waals surface area contributed by atoms with Crippen LogP contribution in [0.25, 0.3) is 0 Å². The maximum Gasteiger partial charge on any atom is 0.255 e. The van der Waals surface area contributed by atoms with Gasteiger partial charge in [0.2, 0.25) is 0 Å². The Kier molecular flexibility index (Phi) is 2.88. The van der Waals surface area contributed by atoms with Crippen LogP contribution in [0.3, 0.4) is 0 Å². The van der Waals surface area contributed by atoms with Crippen molar-refractivity contribution in [2.24, 2.45) is 0 Å². The fourth-order valence-electron chi connectivity index (χ4n) is 2.40. The monoisotopic (exact) mass is 223 g/mol. The van der Waals surface area contributed by atoms with Gasteiger partial charge in [0, 0.05) is 12.5 Å². The average Bonchev–Trinajstić information content (AvgIpc) is 3.01. The highest BCUT2D eigenvalue weighted by molar-refractivity contribution is 4.99. The molecule has 0 spiro atoms. The molecule has 16 heavy (non-hydrogen) atoms. The van der Waals surface area contributed by atoms with Crippen molar-refractivity contribution < 1.29 is 9.26 Å². The molecule has 1 aromatic heterocycles. The molecular formula is C11H17N3O2. The molecule has 1 aromatic rings. The van der Waals surface area contributed by atoms with E-state index in [1.165, 1.54) is 0 Å². The van der Waals surface area contributed by atoms with Gasteiger partial charge in [-0.2, -0.15) is 4.98 Å². The smallest absolute Gasteiger partial charge is 0.255 e. The van der Waals surface area contributed by atoms with E-state index in [1.54, 1.807) is 0 Å². The third-order valence-electron chi connectivity index (χ3n) is 3.37. The molecule has 1 N–H and O–H groups in total. The number of nitrogens with one attached hydrogen (secondary N) is 1. The number of piperidine rings is 1. The molecule has 0 aromatic carbocycles. The van der Waals surface area contributed by atoms with Crippen LogP contribution >= 0.6 is 0 Å². The van der Waals surface area contributed by atoms with Gasteiger partial charge < -0.3 is 14.6 Å². The number of hydrogen-bond donors (Lipinski definition) is 1. The molecule has 2 fully saturated rings. The van der Waals surface area contributed by atoms with Crippen LogP contribution in [0.15, 0.2) is 4.52 Å². The molecule has 0 amide bonds. The SMILES string of the molecule is C1COC(c2nc(C3CCNCC3)no2)C1. The summed E-state index contributed by atoms with van der Waals surface area (Å²) in [7, 11) is 0. The molecule has 2 aliphatic heterocycles. The van der Waals surface area contributed by atoms with E-state index >= 15 is 0 Å². The molecule has 5 heteroatoms. The first-order valence-electron chi connectivity index (χ1n) is 6.09. The van der Waals surface area contributed by atoms with Crippen molar-refractivity contribution in [1.82, 2.24) is 15.5 Å². The van der Waals surface area contributed by atoms with Gasteiger partial charge in [0.1, 0.15) is 6.10 Å². The Bertz CT molecular complexity index is 341. The predicted molar refractivity (Wildman–Crippen MR) is 57.1 cm³/mol. The van der Waals surface area contributed by atoms with Crippen molar-refractivity contribution in [3.05, 3.63) is 11.7 Å². The molecule has 3 rings (SSSR count). The number of hydrogen-bond acceptors (Lipinski definition) is 5. The number of ether oxygens (including phenoxy) is 1. The molecule has 0 bridgehead atoms. The van der Waals surface area contributed by atoms with E-state index in [1.807, 2.05) is 0 Å². The van der Waals surface area contributed by atoms with Crippen molar-refractivity contribution in [3.8, 4) is 0 Å². The topological polar surface area (TPSA) is 60.2 Å². The average molecular weight is 223 g/mol. The summed E-state index contributed by atoms with van der Waals surface area (Å²) in [5, 5.41) is 7.43. The van der Waals surface area contributed by atoms with E-state index in [2.05, 4.69) is 15.5 Å². The molecule has 0 radical (unpaired) electrons. The van der Waals surface area contributed by atoms with Crippen LogP contribution in [0.4, 0.5) is 0 Å². The first-order chi connectivity index (χ1) is 7.93. The van der Waals surface area contributed by atoms with Crippen molar-refractivity contribution in [2.75, 3.05) is 19.7 Å². The summed E-state index contributed by atoms with van der Waals surface area (Å²) in [5.74, 6) is 2.00. The highest BCUT2D eigenvalue weighted by Crippen LogP contribution is 2.29. The second-order valence-corrected chi connectivity index (χ2v) is 4.52. The molecule has 2 saturated heterocycles. The highest BCUT2D eigenvalue weighted by atomic mass is 16.5. The summed E-state index contributed by atoms with van der Waals surface area (Å²) in [6, 6.07) is 0. The van der Waals surface area contributed by atoms with Crippen molar-refractivity contribution >= 4 is 0 Å². The zero-order valence-corrected chi connectivity index (χ0v) is 9.32. The lowest BCUT2D eigenvalue weighted by Crippen LogP contribution is -2.27. The Morgan fingerprint density at radius 2 is 2.06 bits per heavy atom. The summed E-state index contributed by atoms with van der Waals surface area (Å²) in [6.45, 7) is 2.92. The molecule has 0 aliphatic carbocycles. The first-order valence-corrected chi connectivity index (χ1v) is 6.09. The highest BCUT2D eigenvalue weighted by Gasteiger charge is 2.26. The van der Waals surface area contributed by atoms with Crippen LogP contribution in [0, 0.1) is 0 Å². The fraction of sp³-hybridized carbons (Fsp3) is 0.818. The summed E-state index contributed by atoms with van der Waals surface area (Å²) >= 11 is 0. The Hall–Kier alpha value is -0.940. The van der Waals surface area contributed by atoms with Crippen LogP contribution in [-0.4, -0.2) is 29.8 Å². The fourth-order valence-corrected chi connectivity index (χ4v) is 2.40. The molecule has 1 atom stereocenters. The summed E-state index contributed by atoms with van der Waals surface area (Å²) < 4.78 is 10.8. The van der Waals surface area contributed by atoms with E-state index in [9.17, 15) is 0 Å². The van der Waals surface area contributed by atoms with E-state index in [0.717, 1.165) is 51.2 Å². The van der Waals surface area contributed by atoms with Crippen LogP contribution in [0.1, 0.15) is 49.4 Å². The van der Waals surface area contributed by atoms with E-state index in [4.69, 9.17) is 9.26 Å². The van der Waals surface area contributed by atoms with Crippen LogP contribution < -0.4 is 5.32 Å². The lowest BCUT2D eigenvalue weighted by molar-refractivity contribution is 0.0835. The van der Waals surface area contributed by atoms with Gasteiger partial charge in [0.25, 0.3) is 5.89 Å². The first kappa shape index (κ1) is 10.2. The number of aromatic nitrogens is 2. The van der Waals surface area contributed by atoms with Gasteiger partial charge >= 0.3 is 0 Å². The molecule has 88 valence electrons. The Morgan fingerprint density at radius 1 is 1.19 bits per heavy atom. The van der Waals surface area contributed by atoms with Gasteiger partial charge in [-0.3, -0.25) is 0 Å². The predicted octanol–water partition coefficient (Wildman–Crippen LogP) is 1.39. The third-order valence-corrected chi connectivity index (χ3v) is 3.37. The van der Waals surface area contributed by atoms with Gasteiger partial charge in [0.05, 0.1) is 0 Å². The van der Waals surface area contributed by atoms with Gasteiger partial charge in [-0.1, -0.05) is 5.16 Å². The zero-order chi connectivity index (χ0) is 10.8. The number of nitrogens with zero attached hydrogens (tertiary/aromatic N) is 2. The standard InChI is InChI=1S/C11H17N3O2/c1-2-9(15-7-1)11-13-10(14-16-11)8-3-5-12-6-4-8/h8-9,12H,1-7H2. The van der Waals surface area contributed by atoms with E-state index in [0.29, 0.717) is 11.8 Å². The normalized spacial score (nSPS) is 27.4. The van der Waals surface area contributed by atoms with Gasteiger partial charge in [-0.05, 0) is 38.8 Å². The molecule has 1 unspecified atom stereocenters. The zero-order valence-electron chi connectivity index (χ0n) is 9.32. The van der Waals surface area contributed by atoms with Crippen LogP contribution in [-0.2, 0) is 4.74 Å². The van der Waals surface area contributed by atoms with Crippen molar-refractivity contribution in [1.29, 1.82) is 0 Å². The largest absolute Gasteiger partial charge is 0.368 e. The minimum Gasteiger partial charge on any atom is -0.368 e. The minimum absolute atomic E-state index is 0.0444. The van der Waals surface area contributed by atoms with E-state index in [-0.39, 0.29) is 6.10 Å². The molecule has 2 aliphatic rings. The third kappa shape index (κ3) is 1.97. The Morgan fingerprint density at radius 3 is 2.81 bits per heavy atom. The maximum atomic E-state index is 5.53.